The molecule has 0 bridgehead atoms. The number of hydrogen-bond donors (Lipinski definition) is 0. The second-order valence-electron chi connectivity index (χ2n) is 4.40. The van der Waals surface area contributed by atoms with Crippen LogP contribution in [-0.4, -0.2) is 45.1 Å². The summed E-state index contributed by atoms with van der Waals surface area (Å²) in [6.07, 6.45) is 0. The van der Waals surface area contributed by atoms with Gasteiger partial charge in [0.25, 0.3) is 0 Å². The SMILES string of the molecule is Cc1cc(-c2nnn(CC(=O)N(C)C)n2)ccc1F. The fraction of sp³-hybridized carbons (Fsp3) is 0.333. The fourth-order valence-electron chi connectivity index (χ4n) is 1.47. The van der Waals surface area contributed by atoms with Crippen LogP contribution < -0.4 is 0 Å². The molecule has 2 aromatic rings. The normalized spacial score (nSPS) is 10.5. The number of likely N-dealkylation sites (N-methyl/N-ethyl adjacent to an activating group) is 1. The van der Waals surface area contributed by atoms with Crippen LogP contribution in [0.1, 0.15) is 5.56 Å². The van der Waals surface area contributed by atoms with Crippen LogP contribution in [-0.2, 0) is 11.3 Å². The predicted octanol–water partition coefficient (Wildman–Crippen LogP) is 0.876. The van der Waals surface area contributed by atoms with Gasteiger partial charge in [-0.2, -0.15) is 4.80 Å². The predicted molar refractivity (Wildman–Crippen MR) is 66.6 cm³/mol. The van der Waals surface area contributed by atoms with Gasteiger partial charge in [-0.25, -0.2) is 4.39 Å². The van der Waals surface area contributed by atoms with Crippen molar-refractivity contribution in [2.24, 2.45) is 0 Å². The Morgan fingerprint density at radius 2 is 2.16 bits per heavy atom. The minimum absolute atomic E-state index is 0.0280. The van der Waals surface area contributed by atoms with Crippen molar-refractivity contribution in [2.45, 2.75) is 13.5 Å². The highest BCUT2D eigenvalue weighted by Crippen LogP contribution is 2.17. The van der Waals surface area contributed by atoms with Crippen LogP contribution in [0.15, 0.2) is 18.2 Å². The molecule has 1 amide bonds. The molecule has 6 nitrogen and oxygen atoms in total. The Morgan fingerprint density at radius 3 is 2.79 bits per heavy atom. The Kier molecular flexibility index (Phi) is 3.55. The molecule has 1 aromatic carbocycles. The first-order chi connectivity index (χ1) is 8.97. The topological polar surface area (TPSA) is 63.9 Å². The van der Waals surface area contributed by atoms with Gasteiger partial charge in [0.05, 0.1) is 0 Å². The lowest BCUT2D eigenvalue weighted by Gasteiger charge is -2.08. The van der Waals surface area contributed by atoms with Gasteiger partial charge in [0.2, 0.25) is 11.7 Å². The highest BCUT2D eigenvalue weighted by atomic mass is 19.1. The van der Waals surface area contributed by atoms with Crippen LogP contribution in [0.5, 0.6) is 0 Å². The number of nitrogens with zero attached hydrogens (tertiary/aromatic N) is 5. The molecule has 0 aliphatic heterocycles. The minimum Gasteiger partial charge on any atom is -0.347 e. The molecule has 0 atom stereocenters. The molecular formula is C12H14FN5O. The second-order valence-corrected chi connectivity index (χ2v) is 4.40. The van der Waals surface area contributed by atoms with Crippen LogP contribution in [0.2, 0.25) is 0 Å². The third-order valence-corrected chi connectivity index (χ3v) is 2.64. The third kappa shape index (κ3) is 2.93. The van der Waals surface area contributed by atoms with Crippen molar-refractivity contribution in [3.8, 4) is 11.4 Å². The minimum atomic E-state index is -0.279. The standard InChI is InChI=1S/C12H14FN5O/c1-8-6-9(4-5-10(8)13)12-14-16-18(15-12)7-11(19)17(2)3/h4-6H,7H2,1-3H3. The molecular weight excluding hydrogens is 249 g/mol. The molecule has 0 aliphatic carbocycles. The van der Waals surface area contributed by atoms with Gasteiger partial charge in [-0.15, -0.1) is 10.2 Å². The fourth-order valence-corrected chi connectivity index (χ4v) is 1.47. The molecule has 0 aliphatic rings. The van der Waals surface area contributed by atoms with E-state index >= 15 is 0 Å². The molecule has 1 heterocycles. The highest BCUT2D eigenvalue weighted by molar-refractivity contribution is 5.75. The van der Waals surface area contributed by atoms with Crippen LogP contribution >= 0.6 is 0 Å². The molecule has 0 fully saturated rings. The molecule has 0 N–H and O–H groups in total. The first-order valence-electron chi connectivity index (χ1n) is 5.72. The summed E-state index contributed by atoms with van der Waals surface area (Å²) in [5, 5.41) is 11.8. The molecule has 100 valence electrons. The van der Waals surface area contributed by atoms with E-state index in [0.717, 1.165) is 0 Å². The first kappa shape index (κ1) is 13.1. The van der Waals surface area contributed by atoms with E-state index in [4.69, 9.17) is 0 Å². The maximum Gasteiger partial charge on any atom is 0.245 e. The Bertz CT molecular complexity index is 608. The van der Waals surface area contributed by atoms with Gasteiger partial charge in [0.1, 0.15) is 12.4 Å². The van der Waals surface area contributed by atoms with Crippen LogP contribution in [0, 0.1) is 12.7 Å². The summed E-state index contributed by atoms with van der Waals surface area (Å²) in [5.41, 5.74) is 1.18. The number of halogens is 1. The Balaban J connectivity index is 2.21. The van der Waals surface area contributed by atoms with Crippen molar-refractivity contribution in [3.05, 3.63) is 29.6 Å². The summed E-state index contributed by atoms with van der Waals surface area (Å²) >= 11 is 0. The molecule has 2 rings (SSSR count). The van der Waals surface area contributed by atoms with E-state index in [2.05, 4.69) is 15.4 Å². The Hall–Kier alpha value is -2.31. The number of rotatable bonds is 3. The Morgan fingerprint density at radius 1 is 1.42 bits per heavy atom. The average Bonchev–Trinajstić information content (AvgIpc) is 2.81. The largest absolute Gasteiger partial charge is 0.347 e. The van der Waals surface area contributed by atoms with Gasteiger partial charge in [0.15, 0.2) is 0 Å². The molecule has 7 heteroatoms. The summed E-state index contributed by atoms with van der Waals surface area (Å²) in [4.78, 5) is 14.2. The molecule has 0 saturated heterocycles. The average molecular weight is 263 g/mol. The summed E-state index contributed by atoms with van der Waals surface area (Å²) in [5.74, 6) is -0.0344. The number of tetrazole rings is 1. The maximum atomic E-state index is 13.2. The number of aromatic nitrogens is 4. The lowest BCUT2D eigenvalue weighted by atomic mass is 10.1. The van der Waals surface area contributed by atoms with Gasteiger partial charge in [-0.3, -0.25) is 4.79 Å². The van der Waals surface area contributed by atoms with E-state index in [-0.39, 0.29) is 18.3 Å². The van der Waals surface area contributed by atoms with Gasteiger partial charge in [0, 0.05) is 19.7 Å². The molecule has 0 spiro atoms. The van der Waals surface area contributed by atoms with E-state index in [1.54, 1.807) is 33.2 Å². The van der Waals surface area contributed by atoms with Gasteiger partial charge >= 0.3 is 0 Å². The van der Waals surface area contributed by atoms with E-state index in [0.29, 0.717) is 17.0 Å². The zero-order valence-electron chi connectivity index (χ0n) is 11.0. The monoisotopic (exact) mass is 263 g/mol. The zero-order valence-corrected chi connectivity index (χ0v) is 11.0. The number of carbonyl (C=O) groups excluding carboxylic acids is 1. The quantitative estimate of drug-likeness (QED) is 0.824. The van der Waals surface area contributed by atoms with E-state index in [1.807, 2.05) is 0 Å². The third-order valence-electron chi connectivity index (χ3n) is 2.64. The van der Waals surface area contributed by atoms with Gasteiger partial charge in [-0.1, -0.05) is 0 Å². The van der Waals surface area contributed by atoms with E-state index < -0.39 is 0 Å². The molecule has 1 aromatic heterocycles. The van der Waals surface area contributed by atoms with E-state index in [9.17, 15) is 9.18 Å². The van der Waals surface area contributed by atoms with Gasteiger partial charge in [-0.05, 0) is 35.9 Å². The van der Waals surface area contributed by atoms with Crippen LogP contribution in [0.25, 0.3) is 11.4 Å². The first-order valence-corrected chi connectivity index (χ1v) is 5.72. The second kappa shape index (κ2) is 5.13. The molecule has 19 heavy (non-hydrogen) atoms. The van der Waals surface area contributed by atoms with Crippen molar-refractivity contribution in [3.63, 3.8) is 0 Å². The number of aryl methyl sites for hydroxylation is 1. The number of amides is 1. The Labute approximate surface area is 109 Å². The van der Waals surface area contributed by atoms with Crippen molar-refractivity contribution in [1.29, 1.82) is 0 Å². The maximum absolute atomic E-state index is 13.2. The van der Waals surface area contributed by atoms with Crippen molar-refractivity contribution < 1.29 is 9.18 Å². The molecule has 0 radical (unpaired) electrons. The number of benzene rings is 1. The number of carbonyl (C=O) groups is 1. The zero-order chi connectivity index (χ0) is 14.0. The van der Waals surface area contributed by atoms with Crippen molar-refractivity contribution in [2.75, 3.05) is 14.1 Å². The van der Waals surface area contributed by atoms with Crippen molar-refractivity contribution >= 4 is 5.91 Å². The van der Waals surface area contributed by atoms with E-state index in [1.165, 1.54) is 15.8 Å². The smallest absolute Gasteiger partial charge is 0.245 e. The summed E-state index contributed by atoms with van der Waals surface area (Å²) in [6.45, 7) is 1.69. The lowest BCUT2D eigenvalue weighted by molar-refractivity contribution is -0.129. The van der Waals surface area contributed by atoms with Gasteiger partial charge < -0.3 is 4.90 Å². The van der Waals surface area contributed by atoms with Crippen LogP contribution in [0.4, 0.5) is 4.39 Å². The summed E-state index contributed by atoms with van der Waals surface area (Å²) in [7, 11) is 3.31. The highest BCUT2D eigenvalue weighted by Gasteiger charge is 2.11. The molecule has 0 unspecified atom stereocenters. The summed E-state index contributed by atoms with van der Waals surface area (Å²) < 4.78 is 13.2. The lowest BCUT2D eigenvalue weighted by Crippen LogP contribution is -2.27. The summed E-state index contributed by atoms with van der Waals surface area (Å²) in [6, 6.07) is 4.58. The molecule has 0 saturated carbocycles. The number of hydrogen-bond acceptors (Lipinski definition) is 4. The van der Waals surface area contributed by atoms with Crippen LogP contribution in [0.3, 0.4) is 0 Å². The van der Waals surface area contributed by atoms with Crippen molar-refractivity contribution in [1.82, 2.24) is 25.1 Å².